The Labute approximate surface area is 144 Å². The fourth-order valence-corrected chi connectivity index (χ4v) is 3.30. The number of hydrogen-bond acceptors (Lipinski definition) is 5. The molecule has 1 heterocycles. The minimum atomic E-state index is -0.130. The Hall–Kier alpha value is -1.86. The number of hydrogen-bond donors (Lipinski definition) is 2. The number of carbonyl (C=O) groups is 1. The van der Waals surface area contributed by atoms with Crippen LogP contribution in [0.2, 0.25) is 0 Å². The van der Waals surface area contributed by atoms with Crippen molar-refractivity contribution in [2.24, 2.45) is 5.92 Å². The van der Waals surface area contributed by atoms with Gasteiger partial charge in [-0.15, -0.1) is 0 Å². The van der Waals surface area contributed by atoms with Gasteiger partial charge in [0.05, 0.1) is 16.7 Å². The summed E-state index contributed by atoms with van der Waals surface area (Å²) in [4.78, 5) is 29.1. The molecule has 24 heavy (non-hydrogen) atoms. The van der Waals surface area contributed by atoms with E-state index in [1.54, 1.807) is 22.8 Å². The van der Waals surface area contributed by atoms with Crippen molar-refractivity contribution >= 4 is 28.6 Å². The summed E-state index contributed by atoms with van der Waals surface area (Å²) in [5, 5.41) is 13.1. The third-order valence-corrected chi connectivity index (χ3v) is 4.96. The number of aliphatic hydroxyl groups is 1. The van der Waals surface area contributed by atoms with Crippen LogP contribution in [0.1, 0.15) is 19.3 Å². The van der Waals surface area contributed by atoms with E-state index in [1.165, 1.54) is 24.6 Å². The van der Waals surface area contributed by atoms with Crippen molar-refractivity contribution in [3.8, 4) is 0 Å². The largest absolute Gasteiger partial charge is 0.396 e. The van der Waals surface area contributed by atoms with Crippen molar-refractivity contribution in [1.82, 2.24) is 14.9 Å². The van der Waals surface area contributed by atoms with Gasteiger partial charge in [0.15, 0.2) is 5.16 Å². The molecule has 7 heteroatoms. The monoisotopic (exact) mass is 347 g/mol. The lowest BCUT2D eigenvalue weighted by Gasteiger charge is -2.12. The summed E-state index contributed by atoms with van der Waals surface area (Å²) in [5.74, 6) is 0.833. The highest BCUT2D eigenvalue weighted by molar-refractivity contribution is 7.99. The molecular formula is C17H21N3O3S. The summed E-state index contributed by atoms with van der Waals surface area (Å²) in [6.45, 7) is 1.13. The highest BCUT2D eigenvalue weighted by Crippen LogP contribution is 2.27. The Morgan fingerprint density at radius 1 is 1.38 bits per heavy atom. The molecule has 0 radical (unpaired) electrons. The number of aliphatic hydroxyl groups excluding tert-OH is 1. The Kier molecular flexibility index (Phi) is 5.52. The quantitative estimate of drug-likeness (QED) is 0.557. The lowest BCUT2D eigenvalue weighted by Crippen LogP contribution is -2.28. The summed E-state index contributed by atoms with van der Waals surface area (Å²) >= 11 is 1.26. The molecule has 1 aliphatic rings. The van der Waals surface area contributed by atoms with Crippen LogP contribution in [-0.4, -0.2) is 39.5 Å². The molecule has 1 amide bonds. The molecule has 1 aliphatic carbocycles. The first-order chi connectivity index (χ1) is 11.7. The van der Waals surface area contributed by atoms with E-state index < -0.39 is 0 Å². The number of para-hydroxylation sites is 1. The minimum Gasteiger partial charge on any atom is -0.396 e. The molecule has 0 saturated heterocycles. The van der Waals surface area contributed by atoms with Crippen LogP contribution in [0.4, 0.5) is 0 Å². The van der Waals surface area contributed by atoms with Crippen molar-refractivity contribution in [3.05, 3.63) is 34.6 Å². The molecule has 0 bridgehead atoms. The number of fused-ring (bicyclic) bond motifs is 1. The van der Waals surface area contributed by atoms with Crippen molar-refractivity contribution in [1.29, 1.82) is 0 Å². The van der Waals surface area contributed by atoms with Crippen LogP contribution in [0.5, 0.6) is 0 Å². The van der Waals surface area contributed by atoms with Crippen LogP contribution in [0, 0.1) is 5.92 Å². The predicted octanol–water partition coefficient (Wildman–Crippen LogP) is 1.40. The highest BCUT2D eigenvalue weighted by Gasteiger charge is 2.21. The van der Waals surface area contributed by atoms with E-state index in [0.717, 1.165) is 6.54 Å². The molecule has 6 nitrogen and oxygen atoms in total. The number of carbonyl (C=O) groups excluding carboxylic acids is 1. The second-order valence-electron chi connectivity index (χ2n) is 5.98. The van der Waals surface area contributed by atoms with Crippen LogP contribution in [-0.2, 0) is 11.3 Å². The van der Waals surface area contributed by atoms with Gasteiger partial charge in [-0.2, -0.15) is 0 Å². The number of nitrogens with zero attached hydrogens (tertiary/aromatic N) is 2. The molecule has 2 aromatic rings. The Balaban J connectivity index is 1.78. The molecule has 0 atom stereocenters. The van der Waals surface area contributed by atoms with Gasteiger partial charge in [-0.1, -0.05) is 23.9 Å². The van der Waals surface area contributed by atoms with Crippen LogP contribution in [0.3, 0.4) is 0 Å². The molecule has 0 unspecified atom stereocenters. The maximum absolute atomic E-state index is 12.7. The normalized spacial score (nSPS) is 14.0. The smallest absolute Gasteiger partial charge is 0.262 e. The van der Waals surface area contributed by atoms with Crippen molar-refractivity contribution < 1.29 is 9.90 Å². The first-order valence-electron chi connectivity index (χ1n) is 8.19. The van der Waals surface area contributed by atoms with E-state index in [1.807, 2.05) is 6.07 Å². The number of rotatable bonds is 8. The summed E-state index contributed by atoms with van der Waals surface area (Å²) < 4.78 is 1.55. The maximum Gasteiger partial charge on any atom is 0.262 e. The topological polar surface area (TPSA) is 84.2 Å². The summed E-state index contributed by atoms with van der Waals surface area (Å²) in [6.07, 6.45) is 2.86. The van der Waals surface area contributed by atoms with E-state index in [-0.39, 0.29) is 23.8 Å². The molecule has 1 fully saturated rings. The fourth-order valence-electron chi connectivity index (χ4n) is 2.45. The standard InChI is InChI=1S/C17H21N3O3S/c21-9-3-8-20-16(23)13-4-1-2-5-14(13)19-17(20)24-11-15(22)18-10-12-6-7-12/h1-2,4-5,12,21H,3,6-11H2,(H,18,22). The van der Waals surface area contributed by atoms with Gasteiger partial charge in [0.1, 0.15) is 0 Å². The van der Waals surface area contributed by atoms with E-state index in [2.05, 4.69) is 10.3 Å². The first kappa shape index (κ1) is 17.0. The molecule has 1 saturated carbocycles. The van der Waals surface area contributed by atoms with Gasteiger partial charge in [0, 0.05) is 19.7 Å². The zero-order valence-electron chi connectivity index (χ0n) is 13.4. The molecule has 0 spiro atoms. The average Bonchev–Trinajstić information content (AvgIpc) is 3.42. The molecular weight excluding hydrogens is 326 g/mol. The third-order valence-electron chi connectivity index (χ3n) is 3.98. The van der Waals surface area contributed by atoms with E-state index >= 15 is 0 Å². The molecule has 0 aliphatic heterocycles. The lowest BCUT2D eigenvalue weighted by atomic mass is 10.2. The molecule has 1 aromatic heterocycles. The third kappa shape index (κ3) is 4.15. The fraction of sp³-hybridized carbons (Fsp3) is 0.471. The van der Waals surface area contributed by atoms with Crippen LogP contribution >= 0.6 is 11.8 Å². The zero-order chi connectivity index (χ0) is 16.9. The first-order valence-corrected chi connectivity index (χ1v) is 9.17. The van der Waals surface area contributed by atoms with Crippen LogP contribution in [0.25, 0.3) is 10.9 Å². The summed E-state index contributed by atoms with van der Waals surface area (Å²) in [7, 11) is 0. The molecule has 128 valence electrons. The zero-order valence-corrected chi connectivity index (χ0v) is 14.2. The van der Waals surface area contributed by atoms with Crippen molar-refractivity contribution in [3.63, 3.8) is 0 Å². The number of aromatic nitrogens is 2. The second kappa shape index (κ2) is 7.81. The van der Waals surface area contributed by atoms with E-state index in [9.17, 15) is 9.59 Å². The number of thioether (sulfide) groups is 1. The van der Waals surface area contributed by atoms with Crippen LogP contribution < -0.4 is 10.9 Å². The number of nitrogens with one attached hydrogen (secondary N) is 1. The molecule has 3 rings (SSSR count). The summed E-state index contributed by atoms with van der Waals surface area (Å²) in [5.41, 5.74) is 0.499. The second-order valence-corrected chi connectivity index (χ2v) is 6.92. The Morgan fingerprint density at radius 2 is 2.17 bits per heavy atom. The average molecular weight is 347 g/mol. The number of benzene rings is 1. The highest BCUT2D eigenvalue weighted by atomic mass is 32.2. The Morgan fingerprint density at radius 3 is 2.92 bits per heavy atom. The Bertz CT molecular complexity index is 786. The van der Waals surface area contributed by atoms with Gasteiger partial charge in [0.2, 0.25) is 5.91 Å². The minimum absolute atomic E-state index is 0.00521. The number of amides is 1. The van der Waals surface area contributed by atoms with Gasteiger partial charge < -0.3 is 10.4 Å². The van der Waals surface area contributed by atoms with Gasteiger partial charge in [-0.25, -0.2) is 4.98 Å². The van der Waals surface area contributed by atoms with Gasteiger partial charge in [-0.05, 0) is 37.3 Å². The predicted molar refractivity (Wildman–Crippen MR) is 94.2 cm³/mol. The molecule has 1 aromatic carbocycles. The molecule has 2 N–H and O–H groups in total. The lowest BCUT2D eigenvalue weighted by molar-refractivity contribution is -0.118. The van der Waals surface area contributed by atoms with Crippen molar-refractivity contribution in [2.75, 3.05) is 18.9 Å². The van der Waals surface area contributed by atoms with Gasteiger partial charge in [-0.3, -0.25) is 14.2 Å². The maximum atomic E-state index is 12.7. The van der Waals surface area contributed by atoms with E-state index in [0.29, 0.717) is 34.9 Å². The SMILES string of the molecule is O=C(CSc1nc2ccccc2c(=O)n1CCCO)NCC1CC1. The van der Waals surface area contributed by atoms with Gasteiger partial charge >= 0.3 is 0 Å². The van der Waals surface area contributed by atoms with Crippen LogP contribution in [0.15, 0.2) is 34.2 Å². The summed E-state index contributed by atoms with van der Waals surface area (Å²) in [6, 6.07) is 7.19. The van der Waals surface area contributed by atoms with E-state index in [4.69, 9.17) is 5.11 Å². The van der Waals surface area contributed by atoms with Crippen molar-refractivity contribution in [2.45, 2.75) is 31.0 Å². The van der Waals surface area contributed by atoms with Gasteiger partial charge in [0.25, 0.3) is 5.56 Å².